The van der Waals surface area contributed by atoms with Crippen molar-refractivity contribution in [3.8, 4) is 0 Å². The van der Waals surface area contributed by atoms with Gasteiger partial charge in [-0.1, -0.05) is 27.2 Å². The largest absolute Gasteiger partial charge is 0.316 e. The molecule has 86 valence electrons. The summed E-state index contributed by atoms with van der Waals surface area (Å²) in [7, 11) is 2.19. The maximum Gasteiger partial charge on any atom is 0.0182 e. The van der Waals surface area contributed by atoms with Crippen LogP contribution in [0.15, 0.2) is 0 Å². The predicted octanol–water partition coefficient (Wildman–Crippen LogP) is 3.20. The molecule has 1 heteroatoms. The first-order valence-electron chi connectivity index (χ1n) is 6.66. The number of hydrogen-bond donors (Lipinski definition) is 1. The van der Waals surface area contributed by atoms with Crippen LogP contribution in [0, 0.1) is 22.2 Å². The fourth-order valence-corrected chi connectivity index (χ4v) is 5.71. The van der Waals surface area contributed by atoms with Gasteiger partial charge in [0.25, 0.3) is 0 Å². The SMILES string of the molecule is CNC1C2(CCC2)[C@@H]2CC[C@@]1(C)C2(C)C. The van der Waals surface area contributed by atoms with Gasteiger partial charge in [0, 0.05) is 6.04 Å². The summed E-state index contributed by atoms with van der Waals surface area (Å²) < 4.78 is 0. The minimum atomic E-state index is 0.548. The molecule has 3 fully saturated rings. The summed E-state index contributed by atoms with van der Waals surface area (Å²) in [6.07, 6.45) is 7.38. The predicted molar refractivity (Wildman–Crippen MR) is 63.7 cm³/mol. The van der Waals surface area contributed by atoms with E-state index in [1.54, 1.807) is 0 Å². The molecule has 2 bridgehead atoms. The summed E-state index contributed by atoms with van der Waals surface area (Å²) in [4.78, 5) is 0. The van der Waals surface area contributed by atoms with E-state index in [4.69, 9.17) is 0 Å². The van der Waals surface area contributed by atoms with E-state index in [0.717, 1.165) is 12.0 Å². The molecule has 0 saturated heterocycles. The molecule has 3 atom stereocenters. The molecule has 1 N–H and O–H groups in total. The van der Waals surface area contributed by atoms with E-state index in [-0.39, 0.29) is 0 Å². The van der Waals surface area contributed by atoms with Crippen molar-refractivity contribution in [2.24, 2.45) is 22.2 Å². The van der Waals surface area contributed by atoms with E-state index in [2.05, 4.69) is 33.1 Å². The van der Waals surface area contributed by atoms with Gasteiger partial charge in [-0.3, -0.25) is 0 Å². The van der Waals surface area contributed by atoms with Crippen molar-refractivity contribution in [1.82, 2.24) is 5.32 Å². The minimum Gasteiger partial charge on any atom is -0.316 e. The first-order valence-corrected chi connectivity index (χ1v) is 6.66. The molecule has 0 aromatic carbocycles. The van der Waals surface area contributed by atoms with Crippen LogP contribution in [0.1, 0.15) is 52.9 Å². The Balaban J connectivity index is 2.08. The first-order chi connectivity index (χ1) is 6.99. The summed E-state index contributed by atoms with van der Waals surface area (Å²) in [5.41, 5.74) is 1.79. The molecular formula is C14H25N. The first kappa shape index (κ1) is 10.1. The van der Waals surface area contributed by atoms with Crippen LogP contribution in [0.5, 0.6) is 0 Å². The van der Waals surface area contributed by atoms with Crippen LogP contribution in [0.4, 0.5) is 0 Å². The summed E-state index contributed by atoms with van der Waals surface area (Å²) >= 11 is 0. The van der Waals surface area contributed by atoms with Gasteiger partial charge in [0.2, 0.25) is 0 Å². The molecule has 0 amide bonds. The third-order valence-corrected chi connectivity index (χ3v) is 6.77. The zero-order valence-corrected chi connectivity index (χ0v) is 10.7. The van der Waals surface area contributed by atoms with E-state index >= 15 is 0 Å². The summed E-state index contributed by atoms with van der Waals surface area (Å²) in [5, 5.41) is 3.68. The molecular weight excluding hydrogens is 182 g/mol. The van der Waals surface area contributed by atoms with Gasteiger partial charge >= 0.3 is 0 Å². The number of nitrogens with one attached hydrogen (secondary N) is 1. The Kier molecular flexibility index (Phi) is 1.77. The summed E-state index contributed by atoms with van der Waals surface area (Å²) in [6, 6.07) is 0.785. The zero-order valence-electron chi connectivity index (χ0n) is 10.7. The number of fused-ring (bicyclic) bond motifs is 3. The number of hydrogen-bond acceptors (Lipinski definition) is 1. The molecule has 1 unspecified atom stereocenters. The lowest BCUT2D eigenvalue weighted by Gasteiger charge is -2.53. The Bertz CT molecular complexity index is 290. The third kappa shape index (κ3) is 0.833. The van der Waals surface area contributed by atoms with E-state index in [9.17, 15) is 0 Å². The Morgan fingerprint density at radius 2 is 1.73 bits per heavy atom. The molecule has 0 radical (unpaired) electrons. The second-order valence-electron chi connectivity index (χ2n) is 7.04. The summed E-state index contributed by atoms with van der Waals surface area (Å²) in [6.45, 7) is 7.60. The van der Waals surface area contributed by atoms with Crippen LogP contribution >= 0.6 is 0 Å². The van der Waals surface area contributed by atoms with Gasteiger partial charge in [0.05, 0.1) is 0 Å². The van der Waals surface area contributed by atoms with E-state index in [1.165, 1.54) is 32.1 Å². The lowest BCUT2D eigenvalue weighted by molar-refractivity contribution is 0.000768. The lowest BCUT2D eigenvalue weighted by atomic mass is 9.55. The topological polar surface area (TPSA) is 12.0 Å². The molecule has 3 aliphatic rings. The Hall–Kier alpha value is -0.0400. The lowest BCUT2D eigenvalue weighted by Crippen LogP contribution is -2.55. The van der Waals surface area contributed by atoms with Crippen molar-refractivity contribution in [2.45, 2.75) is 58.9 Å². The van der Waals surface area contributed by atoms with E-state index < -0.39 is 0 Å². The zero-order chi connectivity index (χ0) is 10.9. The maximum absolute atomic E-state index is 3.68. The van der Waals surface area contributed by atoms with Crippen LogP contribution in [-0.4, -0.2) is 13.1 Å². The molecule has 1 nitrogen and oxygen atoms in total. The molecule has 0 aromatic heterocycles. The van der Waals surface area contributed by atoms with Crippen molar-refractivity contribution in [3.63, 3.8) is 0 Å². The van der Waals surface area contributed by atoms with E-state index in [0.29, 0.717) is 16.2 Å². The molecule has 1 spiro atoms. The second-order valence-corrected chi connectivity index (χ2v) is 7.04. The molecule has 15 heavy (non-hydrogen) atoms. The highest BCUT2D eigenvalue weighted by atomic mass is 15.0. The summed E-state index contributed by atoms with van der Waals surface area (Å²) in [5.74, 6) is 0.987. The molecule has 0 heterocycles. The highest BCUT2D eigenvalue weighted by Crippen LogP contribution is 2.76. The molecule has 0 aliphatic heterocycles. The van der Waals surface area contributed by atoms with E-state index in [1.807, 2.05) is 0 Å². The fraction of sp³-hybridized carbons (Fsp3) is 1.00. The van der Waals surface area contributed by atoms with Gasteiger partial charge in [-0.15, -0.1) is 0 Å². The van der Waals surface area contributed by atoms with Crippen molar-refractivity contribution >= 4 is 0 Å². The molecule has 3 saturated carbocycles. The standard InChI is InChI=1S/C14H25N/c1-12(2)10-6-9-13(12,3)11(15-4)14(10)7-5-8-14/h10-11,15H,5-9H2,1-4H3/t10-,11?,13-/m1/s1. The molecule has 3 rings (SSSR count). The van der Waals surface area contributed by atoms with Crippen LogP contribution in [0.3, 0.4) is 0 Å². The van der Waals surface area contributed by atoms with Crippen molar-refractivity contribution in [3.05, 3.63) is 0 Å². The quantitative estimate of drug-likeness (QED) is 0.696. The molecule has 0 aromatic rings. The van der Waals surface area contributed by atoms with Gasteiger partial charge in [-0.05, 0) is 54.9 Å². The Morgan fingerprint density at radius 3 is 2.13 bits per heavy atom. The van der Waals surface area contributed by atoms with Gasteiger partial charge in [0.15, 0.2) is 0 Å². The van der Waals surface area contributed by atoms with Crippen molar-refractivity contribution < 1.29 is 0 Å². The van der Waals surface area contributed by atoms with Gasteiger partial charge in [-0.25, -0.2) is 0 Å². The average Bonchev–Trinajstić information content (AvgIpc) is 2.42. The normalized spacial score (nSPS) is 49.6. The fourth-order valence-electron chi connectivity index (χ4n) is 5.71. The van der Waals surface area contributed by atoms with Gasteiger partial charge < -0.3 is 5.32 Å². The molecule has 3 aliphatic carbocycles. The smallest absolute Gasteiger partial charge is 0.0182 e. The van der Waals surface area contributed by atoms with Gasteiger partial charge in [0.1, 0.15) is 0 Å². The highest BCUT2D eigenvalue weighted by Gasteiger charge is 2.72. The monoisotopic (exact) mass is 207 g/mol. The van der Waals surface area contributed by atoms with Crippen LogP contribution in [-0.2, 0) is 0 Å². The van der Waals surface area contributed by atoms with Crippen LogP contribution in [0.25, 0.3) is 0 Å². The third-order valence-electron chi connectivity index (χ3n) is 6.77. The Morgan fingerprint density at radius 1 is 1.07 bits per heavy atom. The Labute approximate surface area is 94.0 Å². The highest BCUT2D eigenvalue weighted by molar-refractivity contribution is 5.24. The second kappa shape index (κ2) is 2.61. The van der Waals surface area contributed by atoms with Crippen LogP contribution in [0.2, 0.25) is 0 Å². The van der Waals surface area contributed by atoms with Crippen molar-refractivity contribution in [1.29, 1.82) is 0 Å². The van der Waals surface area contributed by atoms with Gasteiger partial charge in [-0.2, -0.15) is 0 Å². The minimum absolute atomic E-state index is 0.548. The maximum atomic E-state index is 3.68. The van der Waals surface area contributed by atoms with Crippen molar-refractivity contribution in [2.75, 3.05) is 7.05 Å². The van der Waals surface area contributed by atoms with Crippen LogP contribution < -0.4 is 5.32 Å². The average molecular weight is 207 g/mol. The number of rotatable bonds is 1.